The molecule has 0 N–H and O–H groups in total. The Kier molecular flexibility index (Phi) is 9.31. The molecule has 0 nitrogen and oxygen atoms in total. The van der Waals surface area contributed by atoms with Gasteiger partial charge in [-0.15, -0.1) is 0 Å². The Morgan fingerprint density at radius 3 is 1.59 bits per heavy atom. The van der Waals surface area contributed by atoms with Gasteiger partial charge in [0.2, 0.25) is 0 Å². The predicted octanol–water partition coefficient (Wildman–Crippen LogP) is 5.51. The van der Waals surface area contributed by atoms with Crippen LogP contribution in [0.1, 0.15) is 90.4 Å². The summed E-state index contributed by atoms with van der Waals surface area (Å²) in [6, 6.07) is 0. The third kappa shape index (κ3) is 8.98. The molecule has 17 heavy (non-hydrogen) atoms. The summed E-state index contributed by atoms with van der Waals surface area (Å²) < 4.78 is 1.68. The first-order chi connectivity index (χ1) is 8.34. The molecule has 0 saturated carbocycles. The molecule has 1 rings (SSSR count). The van der Waals surface area contributed by atoms with E-state index >= 15 is 0 Å². The fourth-order valence-electron chi connectivity index (χ4n) is 2.58. The number of hydrogen-bond acceptors (Lipinski definition) is 0. The zero-order chi connectivity index (χ0) is 12.3. The van der Waals surface area contributed by atoms with Gasteiger partial charge in [0.25, 0.3) is 0 Å². The SMILES string of the molecule is [Li][C]1=C(CCCCCCCCCCCCC)C1. The third-order valence-corrected chi connectivity index (χ3v) is 4.04. The van der Waals surface area contributed by atoms with Crippen molar-refractivity contribution >= 4 is 17.7 Å². The van der Waals surface area contributed by atoms with Crippen molar-refractivity contribution in [3.05, 3.63) is 9.82 Å². The monoisotopic (exact) mass is 228 g/mol. The third-order valence-electron chi connectivity index (χ3n) is 4.04. The van der Waals surface area contributed by atoms with Gasteiger partial charge >= 0.3 is 98.2 Å². The molecule has 0 heterocycles. The Balaban J connectivity index is 1.67. The van der Waals surface area contributed by atoms with Crippen molar-refractivity contribution in [1.29, 1.82) is 0 Å². The molecule has 1 heteroatoms. The van der Waals surface area contributed by atoms with E-state index in [2.05, 4.69) is 24.6 Å². The summed E-state index contributed by atoms with van der Waals surface area (Å²) in [4.78, 5) is 0. The molecule has 0 amide bonds. The maximum absolute atomic E-state index is 2.29. The van der Waals surface area contributed by atoms with Crippen molar-refractivity contribution in [2.75, 3.05) is 0 Å². The molecule has 0 bridgehead atoms. The van der Waals surface area contributed by atoms with Crippen LogP contribution in [0.2, 0.25) is 0 Å². The van der Waals surface area contributed by atoms with Crippen LogP contribution >= 0.6 is 0 Å². The summed E-state index contributed by atoms with van der Waals surface area (Å²) >= 11 is 2.29. The first-order valence-corrected chi connectivity index (χ1v) is 8.02. The van der Waals surface area contributed by atoms with Crippen LogP contribution in [0.25, 0.3) is 0 Å². The summed E-state index contributed by atoms with van der Waals surface area (Å²) in [7, 11) is 0. The van der Waals surface area contributed by atoms with Crippen molar-refractivity contribution in [2.45, 2.75) is 90.4 Å². The quantitative estimate of drug-likeness (QED) is 0.305. The van der Waals surface area contributed by atoms with E-state index in [9.17, 15) is 0 Å². The van der Waals surface area contributed by atoms with Crippen LogP contribution < -0.4 is 0 Å². The average Bonchev–Trinajstić information content (AvgIpc) is 3.02. The molecule has 1 aliphatic rings. The van der Waals surface area contributed by atoms with E-state index < -0.39 is 0 Å². The first kappa shape index (κ1) is 15.4. The molecule has 0 aromatic carbocycles. The maximum atomic E-state index is 2.29. The molecule has 0 aliphatic heterocycles. The van der Waals surface area contributed by atoms with Gasteiger partial charge in [0, 0.05) is 0 Å². The minimum absolute atomic E-state index is 1.36. The van der Waals surface area contributed by atoms with Crippen LogP contribution in [0.15, 0.2) is 9.82 Å². The predicted molar refractivity (Wildman–Crippen MR) is 78.5 cm³/mol. The van der Waals surface area contributed by atoms with Gasteiger partial charge in [-0.1, -0.05) is 19.8 Å². The molecule has 0 unspecified atom stereocenters. The molecule has 0 radical (unpaired) electrons. The van der Waals surface area contributed by atoms with Crippen LogP contribution in [-0.2, 0) is 0 Å². The van der Waals surface area contributed by atoms with Gasteiger partial charge in [-0.05, 0) is 0 Å². The van der Waals surface area contributed by atoms with Gasteiger partial charge in [0.05, 0.1) is 0 Å². The number of unbranched alkanes of at least 4 members (excludes halogenated alkanes) is 10. The van der Waals surface area contributed by atoms with Gasteiger partial charge in [0.15, 0.2) is 0 Å². The summed E-state index contributed by atoms with van der Waals surface area (Å²) in [5.41, 5.74) is 1.76. The van der Waals surface area contributed by atoms with Gasteiger partial charge in [-0.25, -0.2) is 0 Å². The van der Waals surface area contributed by atoms with E-state index in [1.165, 1.54) is 83.5 Å². The molecular weight excluding hydrogens is 199 g/mol. The summed E-state index contributed by atoms with van der Waals surface area (Å²) in [6.45, 7) is 2.29. The van der Waals surface area contributed by atoms with Crippen LogP contribution in [0.4, 0.5) is 0 Å². The van der Waals surface area contributed by atoms with E-state index in [0.29, 0.717) is 0 Å². The van der Waals surface area contributed by atoms with E-state index in [1.807, 2.05) is 0 Å². The molecule has 0 fully saturated rings. The van der Waals surface area contributed by atoms with E-state index in [4.69, 9.17) is 0 Å². The van der Waals surface area contributed by atoms with Crippen LogP contribution in [0.3, 0.4) is 0 Å². The Morgan fingerprint density at radius 2 is 1.18 bits per heavy atom. The minimum atomic E-state index is 1.36. The van der Waals surface area contributed by atoms with Crippen LogP contribution in [-0.4, -0.2) is 17.7 Å². The Morgan fingerprint density at radius 1 is 0.765 bits per heavy atom. The second-order valence-electron chi connectivity index (χ2n) is 5.85. The second kappa shape index (κ2) is 10.3. The van der Waals surface area contributed by atoms with Gasteiger partial charge in [0.1, 0.15) is 0 Å². The molecular formula is C16H29Li. The number of rotatable bonds is 12. The summed E-state index contributed by atoms with van der Waals surface area (Å²) in [5, 5.41) is 0. The van der Waals surface area contributed by atoms with Crippen molar-refractivity contribution < 1.29 is 0 Å². The van der Waals surface area contributed by atoms with Crippen molar-refractivity contribution in [2.24, 2.45) is 0 Å². The van der Waals surface area contributed by atoms with Gasteiger partial charge in [-0.3, -0.25) is 0 Å². The topological polar surface area (TPSA) is 0 Å². The number of allylic oxidation sites excluding steroid dienone is 2. The molecule has 94 valence electrons. The van der Waals surface area contributed by atoms with E-state index in [0.717, 1.165) is 0 Å². The standard InChI is InChI=1S/C16H29.Li/c1-2-3-4-5-6-7-8-9-10-11-12-13-16-14-15-16;/h2-14H2,1H3;. The van der Waals surface area contributed by atoms with E-state index in [1.54, 1.807) is 9.82 Å². The normalized spacial score (nSPS) is 14.5. The molecule has 0 saturated heterocycles. The zero-order valence-electron chi connectivity index (χ0n) is 12.2. The fourth-order valence-corrected chi connectivity index (χ4v) is 2.58. The Bertz CT molecular complexity index is 218. The summed E-state index contributed by atoms with van der Waals surface area (Å²) in [5.74, 6) is 0. The second-order valence-corrected chi connectivity index (χ2v) is 5.85. The average molecular weight is 228 g/mol. The first-order valence-electron chi connectivity index (χ1n) is 8.02. The van der Waals surface area contributed by atoms with E-state index in [-0.39, 0.29) is 0 Å². The van der Waals surface area contributed by atoms with Gasteiger partial charge < -0.3 is 0 Å². The van der Waals surface area contributed by atoms with Crippen molar-refractivity contribution in [3.63, 3.8) is 0 Å². The van der Waals surface area contributed by atoms with Crippen molar-refractivity contribution in [3.8, 4) is 0 Å². The number of hydrogen-bond donors (Lipinski definition) is 0. The summed E-state index contributed by atoms with van der Waals surface area (Å²) in [6.07, 6.45) is 18.8. The molecule has 0 aromatic rings. The Labute approximate surface area is 118 Å². The molecule has 0 aromatic heterocycles. The molecule has 0 spiro atoms. The molecule has 1 aliphatic carbocycles. The Hall–Kier alpha value is 0.337. The zero-order valence-corrected chi connectivity index (χ0v) is 12.2. The van der Waals surface area contributed by atoms with Crippen molar-refractivity contribution in [1.82, 2.24) is 0 Å². The fraction of sp³-hybridized carbons (Fsp3) is 0.875. The van der Waals surface area contributed by atoms with Crippen LogP contribution in [0, 0.1) is 0 Å². The van der Waals surface area contributed by atoms with Gasteiger partial charge in [-0.2, -0.15) is 0 Å². The molecule has 0 atom stereocenters. The van der Waals surface area contributed by atoms with Crippen LogP contribution in [0.5, 0.6) is 0 Å².